The Morgan fingerprint density at radius 3 is 3.06 bits per heavy atom. The third-order valence-electron chi connectivity index (χ3n) is 2.40. The Morgan fingerprint density at radius 1 is 1.28 bits per heavy atom. The number of aromatic amines is 1. The molecule has 0 aliphatic rings. The van der Waals surface area contributed by atoms with Crippen molar-refractivity contribution in [3.63, 3.8) is 0 Å². The second kappa shape index (κ2) is 4.23. The van der Waals surface area contributed by atoms with Crippen molar-refractivity contribution in [2.75, 3.05) is 5.32 Å². The van der Waals surface area contributed by atoms with E-state index in [0.29, 0.717) is 5.69 Å². The van der Waals surface area contributed by atoms with E-state index in [1.807, 2.05) is 6.07 Å². The molecule has 0 radical (unpaired) electrons. The minimum absolute atomic E-state index is 0.0125. The number of hydrogen-bond acceptors (Lipinski definition) is 4. The van der Waals surface area contributed by atoms with Gasteiger partial charge in [0.2, 0.25) is 5.28 Å². The van der Waals surface area contributed by atoms with Gasteiger partial charge in [-0.25, -0.2) is 14.4 Å². The fraction of sp³-hybridized carbons (Fsp3) is 0. The van der Waals surface area contributed by atoms with E-state index in [1.165, 1.54) is 0 Å². The molecule has 5 nitrogen and oxygen atoms in total. The monoisotopic (exact) mass is 263 g/mol. The van der Waals surface area contributed by atoms with E-state index >= 15 is 0 Å². The molecule has 18 heavy (non-hydrogen) atoms. The second-order valence-electron chi connectivity index (χ2n) is 3.60. The topological polar surface area (TPSA) is 66.5 Å². The normalized spacial score (nSPS) is 10.8. The fourth-order valence-electron chi connectivity index (χ4n) is 1.58. The van der Waals surface area contributed by atoms with Crippen molar-refractivity contribution in [2.45, 2.75) is 0 Å². The van der Waals surface area contributed by atoms with Crippen molar-refractivity contribution in [3.8, 4) is 0 Å². The van der Waals surface area contributed by atoms with E-state index < -0.39 is 5.82 Å². The van der Waals surface area contributed by atoms with Crippen LogP contribution in [0.5, 0.6) is 0 Å². The highest BCUT2D eigenvalue weighted by Gasteiger charge is 2.06. The van der Waals surface area contributed by atoms with E-state index in [0.717, 1.165) is 17.2 Å². The number of imidazole rings is 1. The quantitative estimate of drug-likeness (QED) is 0.698. The molecular weight excluding hydrogens is 257 g/mol. The molecule has 7 heteroatoms. The SMILES string of the molecule is Fc1cnc(Cl)nc1Nc1ccc2nc[nH]c2c1. The van der Waals surface area contributed by atoms with E-state index in [2.05, 4.69) is 25.3 Å². The van der Waals surface area contributed by atoms with Gasteiger partial charge in [-0.3, -0.25) is 0 Å². The molecule has 3 rings (SSSR count). The van der Waals surface area contributed by atoms with Crippen molar-refractivity contribution in [2.24, 2.45) is 0 Å². The molecule has 0 saturated carbocycles. The van der Waals surface area contributed by atoms with E-state index in [-0.39, 0.29) is 11.1 Å². The van der Waals surface area contributed by atoms with Gasteiger partial charge in [-0.15, -0.1) is 0 Å². The summed E-state index contributed by atoms with van der Waals surface area (Å²) in [5.41, 5.74) is 2.36. The molecule has 0 bridgehead atoms. The first-order valence-electron chi connectivity index (χ1n) is 5.10. The van der Waals surface area contributed by atoms with Gasteiger partial charge in [0.05, 0.1) is 23.6 Å². The summed E-state index contributed by atoms with van der Waals surface area (Å²) in [7, 11) is 0. The van der Waals surface area contributed by atoms with Gasteiger partial charge in [-0.1, -0.05) is 0 Å². The Kier molecular flexibility index (Phi) is 2.56. The number of fused-ring (bicyclic) bond motifs is 1. The average Bonchev–Trinajstić information content (AvgIpc) is 2.81. The van der Waals surface area contributed by atoms with Crippen LogP contribution in [0.4, 0.5) is 15.9 Å². The highest BCUT2D eigenvalue weighted by atomic mass is 35.5. The standard InChI is InChI=1S/C11H7ClFN5/c12-11-14-4-7(13)10(18-11)17-6-1-2-8-9(3-6)16-5-15-8/h1-5H,(H,15,16)(H,14,17,18). The van der Waals surface area contributed by atoms with E-state index in [9.17, 15) is 4.39 Å². The van der Waals surface area contributed by atoms with Crippen molar-refractivity contribution in [1.82, 2.24) is 19.9 Å². The molecule has 3 aromatic rings. The number of rotatable bonds is 2. The van der Waals surface area contributed by atoms with Gasteiger partial charge in [0.1, 0.15) is 0 Å². The lowest BCUT2D eigenvalue weighted by Crippen LogP contribution is -1.98. The zero-order valence-corrected chi connectivity index (χ0v) is 9.74. The predicted octanol–water partition coefficient (Wildman–Crippen LogP) is 2.89. The molecule has 2 aromatic heterocycles. The first-order chi connectivity index (χ1) is 8.72. The Hall–Kier alpha value is -2.21. The van der Waals surface area contributed by atoms with E-state index in [4.69, 9.17) is 11.6 Å². The molecule has 0 fully saturated rings. The minimum Gasteiger partial charge on any atom is -0.345 e. The molecule has 0 aliphatic carbocycles. The van der Waals surface area contributed by atoms with Crippen molar-refractivity contribution >= 4 is 34.1 Å². The number of halogens is 2. The maximum absolute atomic E-state index is 13.4. The molecule has 0 spiro atoms. The Labute approximate surface area is 106 Å². The van der Waals surface area contributed by atoms with Crippen LogP contribution in [0.15, 0.2) is 30.7 Å². The number of hydrogen-bond donors (Lipinski definition) is 2. The van der Waals surface area contributed by atoms with Crippen molar-refractivity contribution in [1.29, 1.82) is 0 Å². The van der Waals surface area contributed by atoms with Gasteiger partial charge >= 0.3 is 0 Å². The van der Waals surface area contributed by atoms with Crippen LogP contribution in [0.3, 0.4) is 0 Å². The largest absolute Gasteiger partial charge is 0.345 e. The van der Waals surface area contributed by atoms with Crippen LogP contribution >= 0.6 is 11.6 Å². The summed E-state index contributed by atoms with van der Waals surface area (Å²) in [4.78, 5) is 14.4. The summed E-state index contributed by atoms with van der Waals surface area (Å²) in [5.74, 6) is -0.530. The van der Waals surface area contributed by atoms with Crippen LogP contribution in [-0.2, 0) is 0 Å². The Bertz CT molecular complexity index is 711. The molecule has 2 N–H and O–H groups in total. The molecule has 2 heterocycles. The highest BCUT2D eigenvalue weighted by Crippen LogP contribution is 2.21. The summed E-state index contributed by atoms with van der Waals surface area (Å²) in [6.07, 6.45) is 2.61. The summed E-state index contributed by atoms with van der Waals surface area (Å²) < 4.78 is 13.4. The smallest absolute Gasteiger partial charge is 0.224 e. The third kappa shape index (κ3) is 1.98. The first kappa shape index (κ1) is 10.9. The van der Waals surface area contributed by atoms with Crippen LogP contribution in [0, 0.1) is 5.82 Å². The lowest BCUT2D eigenvalue weighted by molar-refractivity contribution is 0.619. The van der Waals surface area contributed by atoms with Crippen molar-refractivity contribution < 1.29 is 4.39 Å². The summed E-state index contributed by atoms with van der Waals surface area (Å²) in [5, 5.41) is 2.82. The molecule has 90 valence electrons. The van der Waals surface area contributed by atoms with E-state index in [1.54, 1.807) is 18.5 Å². The minimum atomic E-state index is -0.566. The van der Waals surface area contributed by atoms with Crippen LogP contribution in [0.25, 0.3) is 11.0 Å². The third-order valence-corrected chi connectivity index (χ3v) is 2.58. The van der Waals surface area contributed by atoms with Crippen LogP contribution in [0.1, 0.15) is 0 Å². The molecule has 0 saturated heterocycles. The van der Waals surface area contributed by atoms with Gasteiger partial charge in [0.25, 0.3) is 0 Å². The first-order valence-corrected chi connectivity index (χ1v) is 5.48. The summed E-state index contributed by atoms with van der Waals surface area (Å²) >= 11 is 5.62. The Balaban J connectivity index is 1.97. The zero-order valence-electron chi connectivity index (χ0n) is 8.98. The number of aromatic nitrogens is 4. The average molecular weight is 264 g/mol. The molecule has 0 aliphatic heterocycles. The number of benzene rings is 1. The van der Waals surface area contributed by atoms with Crippen LogP contribution in [0.2, 0.25) is 5.28 Å². The predicted molar refractivity (Wildman–Crippen MR) is 66.4 cm³/mol. The van der Waals surface area contributed by atoms with Gasteiger partial charge in [-0.05, 0) is 29.8 Å². The number of nitrogens with one attached hydrogen (secondary N) is 2. The number of H-pyrrole nitrogens is 1. The van der Waals surface area contributed by atoms with Crippen LogP contribution in [-0.4, -0.2) is 19.9 Å². The number of anilines is 2. The van der Waals surface area contributed by atoms with Crippen LogP contribution < -0.4 is 5.32 Å². The lowest BCUT2D eigenvalue weighted by atomic mass is 10.3. The second-order valence-corrected chi connectivity index (χ2v) is 3.93. The lowest BCUT2D eigenvalue weighted by Gasteiger charge is -2.06. The maximum Gasteiger partial charge on any atom is 0.224 e. The summed E-state index contributed by atoms with van der Waals surface area (Å²) in [6.45, 7) is 0. The Morgan fingerprint density at radius 2 is 2.17 bits per heavy atom. The van der Waals surface area contributed by atoms with Gasteiger partial charge < -0.3 is 10.3 Å². The summed E-state index contributed by atoms with van der Waals surface area (Å²) in [6, 6.07) is 5.39. The number of nitrogens with zero attached hydrogens (tertiary/aromatic N) is 3. The zero-order chi connectivity index (χ0) is 12.5. The van der Waals surface area contributed by atoms with Gasteiger partial charge in [-0.2, -0.15) is 4.98 Å². The molecule has 1 aromatic carbocycles. The van der Waals surface area contributed by atoms with Crippen molar-refractivity contribution in [3.05, 3.63) is 41.8 Å². The molecule has 0 atom stereocenters. The molecule has 0 amide bonds. The van der Waals surface area contributed by atoms with Gasteiger partial charge in [0, 0.05) is 5.69 Å². The highest BCUT2D eigenvalue weighted by molar-refractivity contribution is 6.28. The molecule has 0 unspecified atom stereocenters. The maximum atomic E-state index is 13.4. The molecular formula is C11H7ClFN5. The fourth-order valence-corrected chi connectivity index (χ4v) is 1.72. The van der Waals surface area contributed by atoms with Gasteiger partial charge in [0.15, 0.2) is 11.6 Å².